The SMILES string of the molecule is O=C(Cc1ccccn1)NCc1ncc[nH]1. The van der Waals surface area contributed by atoms with Gasteiger partial charge < -0.3 is 10.3 Å². The summed E-state index contributed by atoms with van der Waals surface area (Å²) in [5.41, 5.74) is 0.763. The van der Waals surface area contributed by atoms with Gasteiger partial charge in [-0.15, -0.1) is 0 Å². The van der Waals surface area contributed by atoms with E-state index in [1.54, 1.807) is 18.6 Å². The van der Waals surface area contributed by atoms with E-state index in [0.29, 0.717) is 13.0 Å². The van der Waals surface area contributed by atoms with Crippen molar-refractivity contribution in [3.8, 4) is 0 Å². The van der Waals surface area contributed by atoms with Crippen molar-refractivity contribution in [3.63, 3.8) is 0 Å². The monoisotopic (exact) mass is 216 g/mol. The third-order valence-corrected chi connectivity index (χ3v) is 2.08. The number of amides is 1. The number of hydrogen-bond acceptors (Lipinski definition) is 3. The highest BCUT2D eigenvalue weighted by molar-refractivity contribution is 5.77. The van der Waals surface area contributed by atoms with Crippen LogP contribution in [0.15, 0.2) is 36.8 Å². The lowest BCUT2D eigenvalue weighted by Crippen LogP contribution is -2.25. The maximum absolute atomic E-state index is 11.5. The zero-order valence-corrected chi connectivity index (χ0v) is 8.68. The molecule has 0 aromatic carbocycles. The Hall–Kier alpha value is -2.17. The minimum absolute atomic E-state index is 0.0601. The van der Waals surface area contributed by atoms with Gasteiger partial charge in [0.15, 0.2) is 0 Å². The molecule has 0 spiro atoms. The number of nitrogens with one attached hydrogen (secondary N) is 2. The number of aromatic nitrogens is 3. The van der Waals surface area contributed by atoms with E-state index < -0.39 is 0 Å². The second-order valence-electron chi connectivity index (χ2n) is 3.31. The topological polar surface area (TPSA) is 70.7 Å². The third-order valence-electron chi connectivity index (χ3n) is 2.08. The summed E-state index contributed by atoms with van der Waals surface area (Å²) in [5.74, 6) is 0.685. The molecule has 1 amide bonds. The van der Waals surface area contributed by atoms with Gasteiger partial charge in [0.1, 0.15) is 5.82 Å². The highest BCUT2D eigenvalue weighted by atomic mass is 16.1. The van der Waals surface area contributed by atoms with Gasteiger partial charge in [0, 0.05) is 24.3 Å². The van der Waals surface area contributed by atoms with Gasteiger partial charge in [-0.1, -0.05) is 6.07 Å². The van der Waals surface area contributed by atoms with Gasteiger partial charge in [0.2, 0.25) is 5.91 Å². The fourth-order valence-corrected chi connectivity index (χ4v) is 1.31. The maximum atomic E-state index is 11.5. The predicted octanol–water partition coefficient (Wildman–Crippen LogP) is 0.664. The smallest absolute Gasteiger partial charge is 0.226 e. The maximum Gasteiger partial charge on any atom is 0.226 e. The van der Waals surface area contributed by atoms with E-state index in [4.69, 9.17) is 0 Å². The first-order chi connectivity index (χ1) is 7.84. The van der Waals surface area contributed by atoms with Gasteiger partial charge in [-0.2, -0.15) is 0 Å². The predicted molar refractivity (Wildman–Crippen MR) is 58.4 cm³/mol. The summed E-state index contributed by atoms with van der Waals surface area (Å²) >= 11 is 0. The molecular weight excluding hydrogens is 204 g/mol. The number of carbonyl (C=O) groups is 1. The normalized spacial score (nSPS) is 10.0. The molecule has 0 saturated heterocycles. The molecule has 0 bridgehead atoms. The fraction of sp³-hybridized carbons (Fsp3) is 0.182. The average Bonchev–Trinajstić information content (AvgIpc) is 2.81. The molecule has 2 N–H and O–H groups in total. The molecule has 2 rings (SSSR count). The van der Waals surface area contributed by atoms with Crippen LogP contribution < -0.4 is 5.32 Å². The number of aromatic amines is 1. The van der Waals surface area contributed by atoms with E-state index in [1.807, 2.05) is 18.2 Å². The summed E-state index contributed by atoms with van der Waals surface area (Å²) in [6.45, 7) is 0.415. The number of imidazole rings is 1. The van der Waals surface area contributed by atoms with Crippen molar-refractivity contribution in [2.24, 2.45) is 0 Å². The van der Waals surface area contributed by atoms with Crippen LogP contribution in [-0.2, 0) is 17.8 Å². The van der Waals surface area contributed by atoms with E-state index >= 15 is 0 Å². The molecule has 0 radical (unpaired) electrons. The molecule has 82 valence electrons. The standard InChI is InChI=1S/C11H12N4O/c16-11(7-9-3-1-2-4-12-9)15-8-10-13-5-6-14-10/h1-6H,7-8H2,(H,13,14)(H,15,16). The lowest BCUT2D eigenvalue weighted by Gasteiger charge is -2.02. The van der Waals surface area contributed by atoms with E-state index in [2.05, 4.69) is 20.3 Å². The van der Waals surface area contributed by atoms with E-state index in [1.165, 1.54) is 0 Å². The minimum atomic E-state index is -0.0601. The third kappa shape index (κ3) is 2.91. The number of rotatable bonds is 4. The van der Waals surface area contributed by atoms with Crippen LogP contribution >= 0.6 is 0 Å². The van der Waals surface area contributed by atoms with Gasteiger partial charge >= 0.3 is 0 Å². The van der Waals surface area contributed by atoms with Crippen LogP contribution in [0.2, 0.25) is 0 Å². The Labute approximate surface area is 92.9 Å². The van der Waals surface area contributed by atoms with Crippen molar-refractivity contribution in [2.45, 2.75) is 13.0 Å². The molecule has 2 aromatic heterocycles. The van der Waals surface area contributed by atoms with Crippen molar-refractivity contribution in [3.05, 3.63) is 48.3 Å². The minimum Gasteiger partial charge on any atom is -0.349 e. The van der Waals surface area contributed by atoms with Gasteiger partial charge in [-0.05, 0) is 12.1 Å². The van der Waals surface area contributed by atoms with Crippen LogP contribution in [0.1, 0.15) is 11.5 Å². The van der Waals surface area contributed by atoms with Crippen molar-refractivity contribution < 1.29 is 4.79 Å². The molecule has 5 nitrogen and oxygen atoms in total. The lowest BCUT2D eigenvalue weighted by molar-refractivity contribution is -0.120. The van der Waals surface area contributed by atoms with Crippen molar-refractivity contribution >= 4 is 5.91 Å². The summed E-state index contributed by atoms with van der Waals surface area (Å²) in [6, 6.07) is 5.51. The van der Waals surface area contributed by atoms with E-state index in [9.17, 15) is 4.79 Å². The number of nitrogens with zero attached hydrogens (tertiary/aromatic N) is 2. The van der Waals surface area contributed by atoms with Crippen LogP contribution in [0.5, 0.6) is 0 Å². The molecule has 0 atom stereocenters. The number of H-pyrrole nitrogens is 1. The number of pyridine rings is 1. The molecule has 2 aromatic rings. The van der Waals surface area contributed by atoms with Crippen LogP contribution in [-0.4, -0.2) is 20.9 Å². The zero-order valence-electron chi connectivity index (χ0n) is 8.68. The second-order valence-corrected chi connectivity index (χ2v) is 3.31. The zero-order chi connectivity index (χ0) is 11.2. The lowest BCUT2D eigenvalue weighted by atomic mass is 10.2. The highest BCUT2D eigenvalue weighted by Gasteiger charge is 2.04. The Kier molecular flexibility index (Phi) is 3.28. The Morgan fingerprint density at radius 2 is 2.25 bits per heavy atom. The number of hydrogen-bond donors (Lipinski definition) is 2. The Morgan fingerprint density at radius 1 is 1.31 bits per heavy atom. The average molecular weight is 216 g/mol. The Morgan fingerprint density at radius 3 is 2.94 bits per heavy atom. The van der Waals surface area contributed by atoms with Gasteiger partial charge in [0.25, 0.3) is 0 Å². The summed E-state index contributed by atoms with van der Waals surface area (Å²) in [5, 5.41) is 2.76. The molecule has 0 fully saturated rings. The molecule has 0 saturated carbocycles. The van der Waals surface area contributed by atoms with Crippen molar-refractivity contribution in [1.82, 2.24) is 20.3 Å². The van der Waals surface area contributed by atoms with Crippen molar-refractivity contribution in [1.29, 1.82) is 0 Å². The molecule has 0 aliphatic carbocycles. The van der Waals surface area contributed by atoms with E-state index in [0.717, 1.165) is 11.5 Å². The summed E-state index contributed by atoms with van der Waals surface area (Å²) in [6.07, 6.45) is 5.34. The van der Waals surface area contributed by atoms with Gasteiger partial charge in [-0.25, -0.2) is 4.98 Å². The van der Waals surface area contributed by atoms with E-state index in [-0.39, 0.29) is 5.91 Å². The highest BCUT2D eigenvalue weighted by Crippen LogP contribution is 1.95. The molecule has 0 unspecified atom stereocenters. The second kappa shape index (κ2) is 5.06. The number of carbonyl (C=O) groups excluding carboxylic acids is 1. The molecule has 0 aliphatic heterocycles. The van der Waals surface area contributed by atoms with Crippen LogP contribution in [0, 0.1) is 0 Å². The van der Waals surface area contributed by atoms with Gasteiger partial charge in [-0.3, -0.25) is 9.78 Å². The first-order valence-corrected chi connectivity index (χ1v) is 4.99. The largest absolute Gasteiger partial charge is 0.349 e. The summed E-state index contributed by atoms with van der Waals surface area (Å²) in [4.78, 5) is 22.5. The summed E-state index contributed by atoms with van der Waals surface area (Å²) < 4.78 is 0. The van der Waals surface area contributed by atoms with Crippen LogP contribution in [0.3, 0.4) is 0 Å². The van der Waals surface area contributed by atoms with Crippen LogP contribution in [0.25, 0.3) is 0 Å². The molecule has 16 heavy (non-hydrogen) atoms. The van der Waals surface area contributed by atoms with Crippen molar-refractivity contribution in [2.75, 3.05) is 0 Å². The molecular formula is C11H12N4O. The Bertz CT molecular complexity index is 438. The quantitative estimate of drug-likeness (QED) is 0.788. The van der Waals surface area contributed by atoms with Crippen LogP contribution in [0.4, 0.5) is 0 Å². The first-order valence-electron chi connectivity index (χ1n) is 4.99. The molecule has 0 aliphatic rings. The summed E-state index contributed by atoms with van der Waals surface area (Å²) in [7, 11) is 0. The Balaban J connectivity index is 1.81. The first kappa shape index (κ1) is 10.4. The fourth-order valence-electron chi connectivity index (χ4n) is 1.31. The molecule has 5 heteroatoms. The van der Waals surface area contributed by atoms with Gasteiger partial charge in [0.05, 0.1) is 13.0 Å². The molecule has 2 heterocycles.